The summed E-state index contributed by atoms with van der Waals surface area (Å²) < 4.78 is 5.26. The van der Waals surface area contributed by atoms with Crippen LogP contribution >= 0.6 is 11.8 Å². The maximum absolute atomic E-state index is 12.9. The zero-order valence-corrected chi connectivity index (χ0v) is 18.2. The van der Waals surface area contributed by atoms with Crippen molar-refractivity contribution in [3.8, 4) is 5.75 Å². The summed E-state index contributed by atoms with van der Waals surface area (Å²) in [6.45, 7) is 8.10. The van der Waals surface area contributed by atoms with Crippen molar-refractivity contribution in [2.75, 3.05) is 19.0 Å². The summed E-state index contributed by atoms with van der Waals surface area (Å²) in [6, 6.07) is 13.2. The van der Waals surface area contributed by atoms with Crippen LogP contribution in [0.25, 0.3) is 0 Å². The Bertz CT molecular complexity index is 1000. The Hall–Kier alpha value is -3.06. The molecule has 0 spiro atoms. The lowest BCUT2D eigenvalue weighted by Crippen LogP contribution is -2.33. The highest BCUT2D eigenvalue weighted by molar-refractivity contribution is 8.15. The number of rotatable bonds is 7. The van der Waals surface area contributed by atoms with Gasteiger partial charge in [-0.3, -0.25) is 14.5 Å². The van der Waals surface area contributed by atoms with E-state index < -0.39 is 5.25 Å². The fourth-order valence-electron chi connectivity index (χ4n) is 3.17. The number of hydrogen-bond donors (Lipinski definition) is 1. The molecule has 2 aromatic rings. The van der Waals surface area contributed by atoms with E-state index in [0.717, 1.165) is 16.8 Å². The zero-order valence-electron chi connectivity index (χ0n) is 17.3. The minimum Gasteiger partial charge on any atom is -0.495 e. The number of amidine groups is 1. The fraction of sp³-hybridized carbons (Fsp3) is 0.261. The number of para-hydroxylation sites is 2. The molecule has 1 aliphatic heterocycles. The van der Waals surface area contributed by atoms with Gasteiger partial charge in [0, 0.05) is 13.0 Å². The van der Waals surface area contributed by atoms with E-state index in [1.165, 1.54) is 11.8 Å². The number of carbonyl (C=O) groups excluding carboxylic acids is 2. The minimum atomic E-state index is -0.538. The molecule has 0 aliphatic carbocycles. The highest BCUT2D eigenvalue weighted by Crippen LogP contribution is 2.33. The molecular formula is C23H25N3O3S. The first-order chi connectivity index (χ1) is 14.4. The number of carbonyl (C=O) groups is 2. The summed E-state index contributed by atoms with van der Waals surface area (Å²) in [4.78, 5) is 31.8. The lowest BCUT2D eigenvalue weighted by Gasteiger charge is -2.14. The van der Waals surface area contributed by atoms with Crippen molar-refractivity contribution in [1.29, 1.82) is 0 Å². The first-order valence-electron chi connectivity index (χ1n) is 9.60. The lowest BCUT2D eigenvalue weighted by atomic mass is 10.1. The Labute approximate surface area is 181 Å². The lowest BCUT2D eigenvalue weighted by molar-refractivity contribution is -0.127. The molecule has 2 aromatic carbocycles. The molecule has 156 valence electrons. The Kier molecular flexibility index (Phi) is 6.95. The van der Waals surface area contributed by atoms with Gasteiger partial charge in [-0.05, 0) is 37.6 Å². The molecule has 1 aliphatic rings. The van der Waals surface area contributed by atoms with Gasteiger partial charge in [0.2, 0.25) is 11.8 Å². The second-order valence-electron chi connectivity index (χ2n) is 6.98. The Morgan fingerprint density at radius 3 is 2.77 bits per heavy atom. The molecule has 7 heteroatoms. The van der Waals surface area contributed by atoms with E-state index in [-0.39, 0.29) is 18.2 Å². The molecule has 3 rings (SSSR count). The van der Waals surface area contributed by atoms with E-state index in [1.807, 2.05) is 38.1 Å². The van der Waals surface area contributed by atoms with Gasteiger partial charge in [-0.25, -0.2) is 4.99 Å². The van der Waals surface area contributed by atoms with Crippen LogP contribution in [0.4, 0.5) is 11.4 Å². The van der Waals surface area contributed by atoms with Crippen LogP contribution in [0.1, 0.15) is 17.5 Å². The fourth-order valence-corrected chi connectivity index (χ4v) is 4.33. The SMILES string of the molecule is C=CCN1C(=O)[C@@H](CC(=O)Nc2ccccc2OC)SC1=Nc1ccc(C)cc1C. The Morgan fingerprint density at radius 2 is 2.07 bits per heavy atom. The number of ether oxygens (including phenoxy) is 1. The topological polar surface area (TPSA) is 71.0 Å². The van der Waals surface area contributed by atoms with Crippen LogP contribution in [0, 0.1) is 13.8 Å². The molecule has 1 atom stereocenters. The van der Waals surface area contributed by atoms with Crippen molar-refractivity contribution >= 4 is 40.1 Å². The predicted molar refractivity (Wildman–Crippen MR) is 123 cm³/mol. The summed E-state index contributed by atoms with van der Waals surface area (Å²) in [5.74, 6) is 0.178. The smallest absolute Gasteiger partial charge is 0.242 e. The van der Waals surface area contributed by atoms with E-state index in [1.54, 1.807) is 30.2 Å². The van der Waals surface area contributed by atoms with Gasteiger partial charge in [-0.1, -0.05) is 47.7 Å². The Balaban J connectivity index is 1.77. The molecule has 1 heterocycles. The monoisotopic (exact) mass is 423 g/mol. The van der Waals surface area contributed by atoms with E-state index in [0.29, 0.717) is 23.1 Å². The van der Waals surface area contributed by atoms with Crippen molar-refractivity contribution < 1.29 is 14.3 Å². The number of anilines is 1. The number of hydrogen-bond acceptors (Lipinski definition) is 5. The second kappa shape index (κ2) is 9.63. The van der Waals surface area contributed by atoms with Gasteiger partial charge in [0.25, 0.3) is 0 Å². The van der Waals surface area contributed by atoms with Crippen LogP contribution in [-0.2, 0) is 9.59 Å². The summed E-state index contributed by atoms with van der Waals surface area (Å²) >= 11 is 1.31. The van der Waals surface area contributed by atoms with E-state index in [4.69, 9.17) is 9.73 Å². The molecule has 1 N–H and O–H groups in total. The van der Waals surface area contributed by atoms with Gasteiger partial charge in [-0.15, -0.1) is 6.58 Å². The third-order valence-corrected chi connectivity index (χ3v) is 5.83. The van der Waals surface area contributed by atoms with Crippen molar-refractivity contribution in [1.82, 2.24) is 4.90 Å². The molecule has 1 saturated heterocycles. The molecular weight excluding hydrogens is 398 g/mol. The maximum atomic E-state index is 12.9. The van der Waals surface area contributed by atoms with E-state index in [9.17, 15) is 9.59 Å². The number of nitrogens with zero attached hydrogens (tertiary/aromatic N) is 2. The van der Waals surface area contributed by atoms with Gasteiger partial charge >= 0.3 is 0 Å². The minimum absolute atomic E-state index is 0.0427. The Morgan fingerprint density at radius 1 is 1.30 bits per heavy atom. The molecule has 30 heavy (non-hydrogen) atoms. The third-order valence-electron chi connectivity index (χ3n) is 4.65. The number of amides is 2. The number of thioether (sulfide) groups is 1. The summed E-state index contributed by atoms with van der Waals surface area (Å²) in [6.07, 6.45) is 1.70. The normalized spacial score (nSPS) is 17.3. The zero-order chi connectivity index (χ0) is 21.7. The predicted octanol–water partition coefficient (Wildman–Crippen LogP) is 4.46. The molecule has 2 amide bonds. The number of nitrogens with one attached hydrogen (secondary N) is 1. The highest BCUT2D eigenvalue weighted by atomic mass is 32.2. The summed E-state index contributed by atoms with van der Waals surface area (Å²) in [7, 11) is 1.55. The maximum Gasteiger partial charge on any atom is 0.242 e. The second-order valence-corrected chi connectivity index (χ2v) is 8.15. The van der Waals surface area contributed by atoms with Gasteiger partial charge in [0.1, 0.15) is 11.0 Å². The van der Waals surface area contributed by atoms with Crippen LogP contribution in [0.15, 0.2) is 60.1 Å². The number of aryl methyl sites for hydroxylation is 2. The van der Waals surface area contributed by atoms with Crippen LogP contribution in [0.2, 0.25) is 0 Å². The summed E-state index contributed by atoms with van der Waals surface area (Å²) in [5.41, 5.74) is 3.57. The average molecular weight is 424 g/mol. The highest BCUT2D eigenvalue weighted by Gasteiger charge is 2.38. The molecule has 0 saturated carbocycles. The van der Waals surface area contributed by atoms with E-state index in [2.05, 4.69) is 18.0 Å². The first kappa shape index (κ1) is 21.6. The van der Waals surface area contributed by atoms with Gasteiger partial charge in [-0.2, -0.15) is 0 Å². The van der Waals surface area contributed by atoms with Crippen molar-refractivity contribution in [3.63, 3.8) is 0 Å². The van der Waals surface area contributed by atoms with E-state index >= 15 is 0 Å². The van der Waals surface area contributed by atoms with Crippen molar-refractivity contribution in [2.24, 2.45) is 4.99 Å². The van der Waals surface area contributed by atoms with Crippen LogP contribution in [0.5, 0.6) is 5.75 Å². The van der Waals surface area contributed by atoms with Crippen LogP contribution < -0.4 is 10.1 Å². The van der Waals surface area contributed by atoms with Crippen molar-refractivity contribution in [3.05, 3.63) is 66.2 Å². The molecule has 0 aromatic heterocycles. The van der Waals surface area contributed by atoms with Gasteiger partial charge in [0.15, 0.2) is 5.17 Å². The summed E-state index contributed by atoms with van der Waals surface area (Å²) in [5, 5.41) is 2.87. The quantitative estimate of drug-likeness (QED) is 0.668. The number of aliphatic imine (C=N–C) groups is 1. The largest absolute Gasteiger partial charge is 0.495 e. The van der Waals surface area contributed by atoms with Crippen LogP contribution in [-0.4, -0.2) is 40.8 Å². The van der Waals surface area contributed by atoms with Gasteiger partial charge < -0.3 is 10.1 Å². The van der Waals surface area contributed by atoms with Gasteiger partial charge in [0.05, 0.1) is 18.5 Å². The molecule has 0 bridgehead atoms. The number of benzene rings is 2. The molecule has 1 fully saturated rings. The number of methoxy groups -OCH3 is 1. The first-order valence-corrected chi connectivity index (χ1v) is 10.5. The molecule has 0 unspecified atom stereocenters. The molecule has 6 nitrogen and oxygen atoms in total. The average Bonchev–Trinajstić information content (AvgIpc) is 2.99. The third kappa shape index (κ3) is 4.91. The van der Waals surface area contributed by atoms with Crippen molar-refractivity contribution in [2.45, 2.75) is 25.5 Å². The van der Waals surface area contributed by atoms with Crippen LogP contribution in [0.3, 0.4) is 0 Å². The molecule has 0 radical (unpaired) electrons. The standard InChI is InChI=1S/C23H25N3O3S/c1-5-12-26-22(28)20(14-21(27)24-18-8-6-7-9-19(18)29-4)30-23(26)25-17-11-10-15(2)13-16(17)3/h5-11,13,20H,1,12,14H2,2-4H3,(H,24,27)/t20-/m1/s1.